The van der Waals surface area contributed by atoms with Gasteiger partial charge in [0.25, 0.3) is 0 Å². The fourth-order valence-electron chi connectivity index (χ4n) is 3.22. The van der Waals surface area contributed by atoms with Gasteiger partial charge in [-0.25, -0.2) is 0 Å². The van der Waals surface area contributed by atoms with Gasteiger partial charge in [0.15, 0.2) is 0 Å². The molecule has 1 aliphatic rings. The summed E-state index contributed by atoms with van der Waals surface area (Å²) in [7, 11) is 1.69. The van der Waals surface area contributed by atoms with Gasteiger partial charge in [-0.3, -0.25) is 0 Å². The summed E-state index contributed by atoms with van der Waals surface area (Å²) < 4.78 is 5.36. The molecule has 0 spiro atoms. The summed E-state index contributed by atoms with van der Waals surface area (Å²) in [5.74, 6) is 0.875. The van der Waals surface area contributed by atoms with Crippen LogP contribution in [0.4, 0.5) is 0 Å². The number of aryl methyl sites for hydroxylation is 1. The molecule has 0 saturated carbocycles. The smallest absolute Gasteiger partial charge is 0.119 e. The molecule has 0 heterocycles. The van der Waals surface area contributed by atoms with Gasteiger partial charge in [0.2, 0.25) is 0 Å². The summed E-state index contributed by atoms with van der Waals surface area (Å²) in [6, 6.07) is 6.51. The minimum atomic E-state index is -0.198. The second-order valence-electron chi connectivity index (χ2n) is 5.72. The van der Waals surface area contributed by atoms with Crippen LogP contribution < -0.4 is 15.8 Å². The highest BCUT2D eigenvalue weighted by Gasteiger charge is 2.36. The van der Waals surface area contributed by atoms with Gasteiger partial charge in [-0.2, -0.15) is 0 Å². The second-order valence-corrected chi connectivity index (χ2v) is 5.72. The van der Waals surface area contributed by atoms with Crippen LogP contribution in [-0.2, 0) is 12.0 Å². The molecule has 4 N–H and O–H groups in total. The number of benzene rings is 1. The molecule has 0 bridgehead atoms. The molecule has 112 valence electrons. The van der Waals surface area contributed by atoms with Crippen molar-refractivity contribution in [1.29, 1.82) is 0 Å². The Balaban J connectivity index is 2.35. The molecule has 1 aliphatic carbocycles. The summed E-state index contributed by atoms with van der Waals surface area (Å²) in [5.41, 5.74) is 8.54. The fraction of sp³-hybridized carbons (Fsp3) is 0.625. The first-order chi connectivity index (χ1) is 9.65. The highest BCUT2D eigenvalue weighted by Crippen LogP contribution is 2.37. The van der Waals surface area contributed by atoms with E-state index >= 15 is 0 Å². The lowest BCUT2D eigenvalue weighted by atomic mass is 9.76. The molecular formula is C16H26N2O2. The SMILES string of the molecule is COc1ccc2c(c1)C(CN)(NC(C)CCO)CCC2. The zero-order chi connectivity index (χ0) is 14.6. The topological polar surface area (TPSA) is 67.5 Å². The molecule has 0 saturated heterocycles. The van der Waals surface area contributed by atoms with Crippen LogP contribution in [0.1, 0.15) is 37.3 Å². The Morgan fingerprint density at radius 3 is 2.95 bits per heavy atom. The van der Waals surface area contributed by atoms with Crippen molar-refractivity contribution in [2.45, 2.75) is 44.2 Å². The highest BCUT2D eigenvalue weighted by atomic mass is 16.5. The first kappa shape index (κ1) is 15.3. The van der Waals surface area contributed by atoms with Gasteiger partial charge in [-0.05, 0) is 55.9 Å². The van der Waals surface area contributed by atoms with Crippen LogP contribution in [0.15, 0.2) is 18.2 Å². The number of rotatable bonds is 6. The van der Waals surface area contributed by atoms with E-state index in [0.717, 1.165) is 31.4 Å². The standard InChI is InChI=1S/C16H26N2O2/c1-12(7-9-19)18-16(11-17)8-3-4-13-5-6-14(20-2)10-15(13)16/h5-6,10,12,18-19H,3-4,7-9,11,17H2,1-2H3. The molecular weight excluding hydrogens is 252 g/mol. The van der Waals surface area contributed by atoms with Crippen LogP contribution >= 0.6 is 0 Å². The van der Waals surface area contributed by atoms with Crippen LogP contribution in [0.2, 0.25) is 0 Å². The predicted molar refractivity (Wildman–Crippen MR) is 81.0 cm³/mol. The third kappa shape index (κ3) is 2.97. The van der Waals surface area contributed by atoms with Gasteiger partial charge in [-0.1, -0.05) is 6.07 Å². The first-order valence-electron chi connectivity index (χ1n) is 7.41. The number of hydrogen-bond donors (Lipinski definition) is 3. The number of ether oxygens (including phenoxy) is 1. The Morgan fingerprint density at radius 2 is 2.30 bits per heavy atom. The van der Waals surface area contributed by atoms with Crippen molar-refractivity contribution in [3.8, 4) is 5.75 Å². The van der Waals surface area contributed by atoms with Gasteiger partial charge >= 0.3 is 0 Å². The lowest BCUT2D eigenvalue weighted by Gasteiger charge is -2.41. The van der Waals surface area contributed by atoms with Crippen molar-refractivity contribution in [1.82, 2.24) is 5.32 Å². The zero-order valence-electron chi connectivity index (χ0n) is 12.5. The molecule has 4 nitrogen and oxygen atoms in total. The predicted octanol–water partition coefficient (Wildman–Crippen LogP) is 1.55. The Bertz CT molecular complexity index is 450. The van der Waals surface area contributed by atoms with Crippen LogP contribution in [-0.4, -0.2) is 31.4 Å². The van der Waals surface area contributed by atoms with E-state index < -0.39 is 0 Å². The number of hydrogen-bond acceptors (Lipinski definition) is 4. The summed E-state index contributed by atoms with van der Waals surface area (Å²) in [5, 5.41) is 12.8. The van der Waals surface area contributed by atoms with E-state index in [4.69, 9.17) is 15.6 Å². The van der Waals surface area contributed by atoms with E-state index in [1.807, 2.05) is 6.07 Å². The van der Waals surface area contributed by atoms with Gasteiger partial charge in [0.1, 0.15) is 5.75 Å². The Labute approximate surface area is 121 Å². The molecule has 0 fully saturated rings. The second kappa shape index (κ2) is 6.57. The lowest BCUT2D eigenvalue weighted by Crippen LogP contribution is -2.53. The maximum Gasteiger partial charge on any atom is 0.119 e. The average Bonchev–Trinajstić information content (AvgIpc) is 2.47. The number of nitrogens with one attached hydrogen (secondary N) is 1. The quantitative estimate of drug-likeness (QED) is 0.738. The van der Waals surface area contributed by atoms with Gasteiger partial charge < -0.3 is 20.9 Å². The summed E-state index contributed by atoms with van der Waals surface area (Å²) in [6.07, 6.45) is 3.99. The molecule has 0 aliphatic heterocycles. The van der Waals surface area contributed by atoms with Crippen molar-refractivity contribution in [2.24, 2.45) is 5.73 Å². The fourth-order valence-corrected chi connectivity index (χ4v) is 3.22. The van der Waals surface area contributed by atoms with Gasteiger partial charge in [0.05, 0.1) is 12.6 Å². The third-order valence-electron chi connectivity index (χ3n) is 4.32. The minimum Gasteiger partial charge on any atom is -0.497 e. The highest BCUT2D eigenvalue weighted by molar-refractivity contribution is 5.42. The van der Waals surface area contributed by atoms with Crippen molar-refractivity contribution in [3.63, 3.8) is 0 Å². The molecule has 20 heavy (non-hydrogen) atoms. The van der Waals surface area contributed by atoms with E-state index in [2.05, 4.69) is 24.4 Å². The zero-order valence-corrected chi connectivity index (χ0v) is 12.5. The maximum absolute atomic E-state index is 9.11. The van der Waals surface area contributed by atoms with E-state index in [9.17, 15) is 0 Å². The molecule has 1 aromatic carbocycles. The number of fused-ring (bicyclic) bond motifs is 1. The van der Waals surface area contributed by atoms with E-state index in [1.165, 1.54) is 11.1 Å². The number of aliphatic hydroxyl groups excluding tert-OH is 1. The van der Waals surface area contributed by atoms with Crippen LogP contribution in [0.3, 0.4) is 0 Å². The molecule has 0 radical (unpaired) electrons. The first-order valence-corrected chi connectivity index (χ1v) is 7.41. The normalized spacial score (nSPS) is 23.2. The molecule has 0 aromatic heterocycles. The lowest BCUT2D eigenvalue weighted by molar-refractivity contribution is 0.220. The van der Waals surface area contributed by atoms with Gasteiger partial charge in [0, 0.05) is 19.2 Å². The van der Waals surface area contributed by atoms with Crippen molar-refractivity contribution >= 4 is 0 Å². The molecule has 2 unspecified atom stereocenters. The summed E-state index contributed by atoms with van der Waals surface area (Å²) in [4.78, 5) is 0. The summed E-state index contributed by atoms with van der Waals surface area (Å²) in [6.45, 7) is 2.85. The van der Waals surface area contributed by atoms with E-state index in [1.54, 1.807) is 7.11 Å². The van der Waals surface area contributed by atoms with Crippen molar-refractivity contribution < 1.29 is 9.84 Å². The molecule has 4 heteroatoms. The average molecular weight is 278 g/mol. The minimum absolute atomic E-state index is 0.194. The molecule has 1 aromatic rings. The number of methoxy groups -OCH3 is 1. The Hall–Kier alpha value is -1.10. The number of aliphatic hydroxyl groups is 1. The largest absolute Gasteiger partial charge is 0.497 e. The van der Waals surface area contributed by atoms with E-state index in [-0.39, 0.29) is 18.2 Å². The molecule has 2 atom stereocenters. The molecule has 2 rings (SSSR count). The van der Waals surface area contributed by atoms with Crippen LogP contribution in [0, 0.1) is 0 Å². The van der Waals surface area contributed by atoms with Crippen molar-refractivity contribution in [3.05, 3.63) is 29.3 Å². The number of nitrogens with two attached hydrogens (primary N) is 1. The Morgan fingerprint density at radius 1 is 1.50 bits per heavy atom. The maximum atomic E-state index is 9.11. The monoisotopic (exact) mass is 278 g/mol. The van der Waals surface area contributed by atoms with Crippen LogP contribution in [0.5, 0.6) is 5.75 Å². The van der Waals surface area contributed by atoms with Crippen molar-refractivity contribution in [2.75, 3.05) is 20.3 Å². The van der Waals surface area contributed by atoms with Gasteiger partial charge in [-0.15, -0.1) is 0 Å². The van der Waals surface area contributed by atoms with E-state index in [0.29, 0.717) is 6.54 Å². The summed E-state index contributed by atoms with van der Waals surface area (Å²) >= 11 is 0. The molecule has 0 amide bonds. The Kier molecular flexibility index (Phi) is 5.02. The van der Waals surface area contributed by atoms with Crippen LogP contribution in [0.25, 0.3) is 0 Å². The third-order valence-corrected chi connectivity index (χ3v) is 4.32.